The molecule has 0 fully saturated rings. The van der Waals surface area contributed by atoms with E-state index >= 15 is 0 Å². The van der Waals surface area contributed by atoms with Crippen molar-refractivity contribution in [1.82, 2.24) is 0 Å². The van der Waals surface area contributed by atoms with Crippen molar-refractivity contribution in [2.24, 2.45) is 0 Å². The fraction of sp³-hybridized carbons (Fsp3) is 0.250. The molecule has 0 unspecified atom stereocenters. The van der Waals surface area contributed by atoms with E-state index in [1.54, 1.807) is 6.08 Å². The zero-order valence-electron chi connectivity index (χ0n) is 10.9. The van der Waals surface area contributed by atoms with Gasteiger partial charge in [0.2, 0.25) is 0 Å². The molecule has 0 atom stereocenters. The third-order valence-corrected chi connectivity index (χ3v) is 2.66. The summed E-state index contributed by atoms with van der Waals surface area (Å²) in [7, 11) is 0. The molecule has 0 heterocycles. The number of hydrogen-bond acceptors (Lipinski definition) is 1. The summed E-state index contributed by atoms with van der Waals surface area (Å²) in [5.74, 6) is 0.898. The van der Waals surface area contributed by atoms with Crippen LogP contribution in [-0.4, -0.2) is 6.61 Å². The fourth-order valence-corrected chi connectivity index (χ4v) is 1.53. The summed E-state index contributed by atoms with van der Waals surface area (Å²) in [6.45, 7) is 14.3. The number of allylic oxidation sites excluding steroid dienone is 3. The van der Waals surface area contributed by atoms with Crippen LogP contribution in [-0.2, 0) is 0 Å². The molecule has 1 aromatic rings. The van der Waals surface area contributed by atoms with Crippen LogP contribution in [0, 0.1) is 13.8 Å². The van der Waals surface area contributed by atoms with Gasteiger partial charge >= 0.3 is 0 Å². The molecule has 17 heavy (non-hydrogen) atoms. The second kappa shape index (κ2) is 6.09. The molecule has 0 aliphatic carbocycles. The number of hydrogen-bond donors (Lipinski definition) is 0. The standard InChI is InChI=1S/C16H20O/c1-6-7-8-9-17-16-11-14(5)13(4)10-15(16)12(2)3/h6-8,10-11H,1-2,9H2,3-5H3/b8-7-. The van der Waals surface area contributed by atoms with Crippen LogP contribution in [0.5, 0.6) is 5.75 Å². The fourth-order valence-electron chi connectivity index (χ4n) is 1.53. The number of ether oxygens (including phenoxy) is 1. The molecule has 1 aromatic carbocycles. The van der Waals surface area contributed by atoms with E-state index in [0.29, 0.717) is 6.61 Å². The molecule has 0 saturated carbocycles. The van der Waals surface area contributed by atoms with Gasteiger partial charge in [0.05, 0.1) is 0 Å². The van der Waals surface area contributed by atoms with Gasteiger partial charge in [-0.3, -0.25) is 0 Å². The van der Waals surface area contributed by atoms with Crippen molar-refractivity contribution in [1.29, 1.82) is 0 Å². The maximum absolute atomic E-state index is 5.74. The van der Waals surface area contributed by atoms with Gasteiger partial charge in [0, 0.05) is 5.56 Å². The Morgan fingerprint density at radius 3 is 2.53 bits per heavy atom. The van der Waals surface area contributed by atoms with E-state index in [-0.39, 0.29) is 0 Å². The molecule has 0 spiro atoms. The van der Waals surface area contributed by atoms with Crippen molar-refractivity contribution >= 4 is 5.57 Å². The highest BCUT2D eigenvalue weighted by Gasteiger charge is 2.06. The first-order valence-electron chi connectivity index (χ1n) is 5.73. The lowest BCUT2D eigenvalue weighted by atomic mass is 10.0. The van der Waals surface area contributed by atoms with Crippen LogP contribution in [0.1, 0.15) is 23.6 Å². The van der Waals surface area contributed by atoms with Crippen LogP contribution in [0.25, 0.3) is 5.57 Å². The van der Waals surface area contributed by atoms with E-state index in [2.05, 4.69) is 39.1 Å². The van der Waals surface area contributed by atoms with E-state index in [1.807, 2.05) is 19.1 Å². The van der Waals surface area contributed by atoms with Crippen LogP contribution < -0.4 is 4.74 Å². The Morgan fingerprint density at radius 1 is 1.29 bits per heavy atom. The van der Waals surface area contributed by atoms with Crippen LogP contribution in [0.3, 0.4) is 0 Å². The maximum atomic E-state index is 5.74. The van der Waals surface area contributed by atoms with Crippen molar-refractivity contribution < 1.29 is 4.74 Å². The van der Waals surface area contributed by atoms with Gasteiger partial charge in [0.25, 0.3) is 0 Å². The van der Waals surface area contributed by atoms with Crippen molar-refractivity contribution in [3.05, 3.63) is 60.2 Å². The van der Waals surface area contributed by atoms with Crippen LogP contribution in [0.2, 0.25) is 0 Å². The molecule has 1 rings (SSSR count). The summed E-state index contributed by atoms with van der Waals surface area (Å²) in [5.41, 5.74) is 4.60. The molecular formula is C16H20O. The van der Waals surface area contributed by atoms with Gasteiger partial charge in [-0.05, 0) is 55.7 Å². The van der Waals surface area contributed by atoms with Crippen molar-refractivity contribution in [3.8, 4) is 5.75 Å². The largest absolute Gasteiger partial charge is 0.489 e. The minimum absolute atomic E-state index is 0.550. The minimum Gasteiger partial charge on any atom is -0.489 e. The second-order valence-electron chi connectivity index (χ2n) is 4.19. The zero-order chi connectivity index (χ0) is 12.8. The average molecular weight is 228 g/mol. The third kappa shape index (κ3) is 3.63. The quantitative estimate of drug-likeness (QED) is 0.676. The van der Waals surface area contributed by atoms with Gasteiger partial charge in [-0.1, -0.05) is 25.3 Å². The molecule has 0 aromatic heterocycles. The predicted molar refractivity (Wildman–Crippen MR) is 75.5 cm³/mol. The van der Waals surface area contributed by atoms with Gasteiger partial charge in [-0.15, -0.1) is 0 Å². The molecule has 0 aliphatic heterocycles. The smallest absolute Gasteiger partial charge is 0.127 e. The molecule has 0 N–H and O–H groups in total. The van der Waals surface area contributed by atoms with Gasteiger partial charge < -0.3 is 4.74 Å². The molecule has 90 valence electrons. The van der Waals surface area contributed by atoms with Gasteiger partial charge in [0.1, 0.15) is 12.4 Å². The normalized spacial score (nSPS) is 10.5. The number of aryl methyl sites for hydroxylation is 2. The van der Waals surface area contributed by atoms with Crippen LogP contribution in [0.4, 0.5) is 0 Å². The molecule has 0 aliphatic rings. The first kappa shape index (κ1) is 13.3. The Hall–Kier alpha value is -1.76. The molecule has 0 saturated heterocycles. The van der Waals surface area contributed by atoms with E-state index in [4.69, 9.17) is 4.74 Å². The molecular weight excluding hydrogens is 208 g/mol. The van der Waals surface area contributed by atoms with E-state index in [1.165, 1.54) is 11.1 Å². The van der Waals surface area contributed by atoms with Crippen molar-refractivity contribution in [2.75, 3.05) is 6.61 Å². The summed E-state index contributed by atoms with van der Waals surface area (Å²) >= 11 is 0. The molecule has 0 radical (unpaired) electrons. The third-order valence-electron chi connectivity index (χ3n) is 2.66. The summed E-state index contributed by atoms with van der Waals surface area (Å²) in [6.07, 6.45) is 5.55. The average Bonchev–Trinajstić information content (AvgIpc) is 2.28. The summed E-state index contributed by atoms with van der Waals surface area (Å²) in [5, 5.41) is 0. The van der Waals surface area contributed by atoms with Gasteiger partial charge in [-0.25, -0.2) is 0 Å². The highest BCUT2D eigenvalue weighted by atomic mass is 16.5. The molecule has 1 heteroatoms. The first-order chi connectivity index (χ1) is 8.06. The van der Waals surface area contributed by atoms with Gasteiger partial charge in [0.15, 0.2) is 0 Å². The lowest BCUT2D eigenvalue weighted by Gasteiger charge is -2.13. The Bertz CT molecular complexity index is 453. The second-order valence-corrected chi connectivity index (χ2v) is 4.19. The zero-order valence-corrected chi connectivity index (χ0v) is 10.9. The van der Waals surface area contributed by atoms with Crippen LogP contribution >= 0.6 is 0 Å². The summed E-state index contributed by atoms with van der Waals surface area (Å²) < 4.78 is 5.74. The Morgan fingerprint density at radius 2 is 1.94 bits per heavy atom. The summed E-state index contributed by atoms with van der Waals surface area (Å²) in [4.78, 5) is 0. The maximum Gasteiger partial charge on any atom is 0.127 e. The molecule has 1 nitrogen and oxygen atoms in total. The van der Waals surface area contributed by atoms with Crippen LogP contribution in [0.15, 0.2) is 43.5 Å². The van der Waals surface area contributed by atoms with Crippen molar-refractivity contribution in [3.63, 3.8) is 0 Å². The number of benzene rings is 1. The van der Waals surface area contributed by atoms with Crippen molar-refractivity contribution in [2.45, 2.75) is 20.8 Å². The van der Waals surface area contributed by atoms with Gasteiger partial charge in [-0.2, -0.15) is 0 Å². The van der Waals surface area contributed by atoms with E-state index in [9.17, 15) is 0 Å². The molecule has 0 bridgehead atoms. The number of rotatable bonds is 5. The summed E-state index contributed by atoms with van der Waals surface area (Å²) in [6, 6.07) is 4.20. The topological polar surface area (TPSA) is 9.23 Å². The SMILES string of the molecule is C=C/C=C\COc1cc(C)c(C)cc1C(=C)C. The molecule has 0 amide bonds. The van der Waals surface area contributed by atoms with E-state index < -0.39 is 0 Å². The first-order valence-corrected chi connectivity index (χ1v) is 5.73. The Kier molecular flexibility index (Phi) is 4.77. The Balaban J connectivity index is 2.96. The predicted octanol–water partition coefficient (Wildman–Crippen LogP) is 4.46. The highest BCUT2D eigenvalue weighted by molar-refractivity contribution is 5.68. The Labute approximate surface area is 104 Å². The monoisotopic (exact) mass is 228 g/mol. The van der Waals surface area contributed by atoms with E-state index in [0.717, 1.165) is 16.9 Å². The minimum atomic E-state index is 0.550. The lowest BCUT2D eigenvalue weighted by molar-refractivity contribution is 0.361. The highest BCUT2D eigenvalue weighted by Crippen LogP contribution is 2.28. The lowest BCUT2D eigenvalue weighted by Crippen LogP contribution is -1.98.